The fourth-order valence-corrected chi connectivity index (χ4v) is 4.92. The minimum absolute atomic E-state index is 0.0260. The first kappa shape index (κ1) is 22.1. The van der Waals surface area contributed by atoms with Crippen molar-refractivity contribution in [3.8, 4) is 0 Å². The highest BCUT2D eigenvalue weighted by Gasteiger charge is 2.37. The summed E-state index contributed by atoms with van der Waals surface area (Å²) >= 11 is 0. The number of rotatable bonds is 4. The summed E-state index contributed by atoms with van der Waals surface area (Å²) in [5.41, 5.74) is 3.92. The van der Waals surface area contributed by atoms with Gasteiger partial charge in [-0.3, -0.25) is 9.59 Å². The molecule has 0 radical (unpaired) electrons. The number of benzene rings is 1. The molecule has 2 aromatic rings. The summed E-state index contributed by atoms with van der Waals surface area (Å²) in [7, 11) is 0. The van der Waals surface area contributed by atoms with Gasteiger partial charge in [0, 0.05) is 43.0 Å². The number of urea groups is 1. The third-order valence-electron chi connectivity index (χ3n) is 6.86. The van der Waals surface area contributed by atoms with Gasteiger partial charge in [-0.05, 0) is 55.4 Å². The fraction of sp³-hybridized carbons (Fsp3) is 0.480. The van der Waals surface area contributed by atoms with E-state index >= 15 is 0 Å². The van der Waals surface area contributed by atoms with E-state index in [9.17, 15) is 14.4 Å². The van der Waals surface area contributed by atoms with Crippen LogP contribution < -0.4 is 16.2 Å². The topological polar surface area (TPSA) is 83.4 Å². The third-order valence-corrected chi connectivity index (χ3v) is 6.86. The van der Waals surface area contributed by atoms with E-state index in [1.807, 2.05) is 56.5 Å². The second-order valence-electron chi connectivity index (χ2n) is 9.51. The van der Waals surface area contributed by atoms with Crippen molar-refractivity contribution in [2.75, 3.05) is 18.4 Å². The highest BCUT2D eigenvalue weighted by molar-refractivity contribution is 5.97. The molecule has 3 amide bonds. The van der Waals surface area contributed by atoms with E-state index in [4.69, 9.17) is 0 Å². The van der Waals surface area contributed by atoms with E-state index in [-0.39, 0.29) is 35.3 Å². The van der Waals surface area contributed by atoms with Crippen LogP contribution in [0, 0.1) is 25.7 Å². The van der Waals surface area contributed by atoms with Crippen molar-refractivity contribution in [1.82, 2.24) is 14.8 Å². The largest absolute Gasteiger partial charge is 0.326 e. The molecule has 1 aromatic carbocycles. The molecule has 1 aromatic heterocycles. The van der Waals surface area contributed by atoms with Gasteiger partial charge in [-0.25, -0.2) is 4.79 Å². The number of aryl methyl sites for hydroxylation is 1. The van der Waals surface area contributed by atoms with Crippen LogP contribution in [0.25, 0.3) is 0 Å². The molecule has 2 N–H and O–H groups in total. The van der Waals surface area contributed by atoms with Crippen LogP contribution in [0.15, 0.2) is 41.2 Å². The van der Waals surface area contributed by atoms with Crippen LogP contribution in [0.2, 0.25) is 0 Å². The number of nitrogens with one attached hydrogen (secondary N) is 2. The molecule has 2 aliphatic rings. The molecule has 32 heavy (non-hydrogen) atoms. The lowest BCUT2D eigenvalue weighted by atomic mass is 9.83. The fourth-order valence-electron chi connectivity index (χ4n) is 4.92. The average Bonchev–Trinajstić information content (AvgIpc) is 2.75. The van der Waals surface area contributed by atoms with Gasteiger partial charge < -0.3 is 20.1 Å². The SMILES string of the molecule is Cc1cccc(NC(=O)[C@@H](NC(=O)N2C[C@@H]3C[C@H](C2)c2cccc(=O)n2C3)C(C)C)c1C. The van der Waals surface area contributed by atoms with Gasteiger partial charge in [-0.2, -0.15) is 0 Å². The van der Waals surface area contributed by atoms with Crippen molar-refractivity contribution in [3.63, 3.8) is 0 Å². The summed E-state index contributed by atoms with van der Waals surface area (Å²) in [5, 5.41) is 5.96. The number of aromatic nitrogens is 1. The molecule has 1 saturated heterocycles. The Kier molecular flexibility index (Phi) is 6.09. The molecule has 2 bridgehead atoms. The van der Waals surface area contributed by atoms with Gasteiger partial charge in [-0.1, -0.05) is 32.0 Å². The van der Waals surface area contributed by atoms with Crippen LogP contribution >= 0.6 is 0 Å². The lowest BCUT2D eigenvalue weighted by Gasteiger charge is -2.43. The van der Waals surface area contributed by atoms with E-state index < -0.39 is 6.04 Å². The Morgan fingerprint density at radius 2 is 1.78 bits per heavy atom. The van der Waals surface area contributed by atoms with E-state index in [0.717, 1.165) is 28.9 Å². The number of hydrogen-bond donors (Lipinski definition) is 2. The van der Waals surface area contributed by atoms with Crippen molar-refractivity contribution in [2.24, 2.45) is 11.8 Å². The van der Waals surface area contributed by atoms with Crippen molar-refractivity contribution in [3.05, 3.63) is 63.6 Å². The second kappa shape index (κ2) is 8.81. The zero-order valence-corrected chi connectivity index (χ0v) is 19.2. The third kappa shape index (κ3) is 4.29. The lowest BCUT2D eigenvalue weighted by molar-refractivity contribution is -0.118. The Labute approximate surface area is 188 Å². The molecule has 2 aliphatic heterocycles. The van der Waals surface area contributed by atoms with Crippen LogP contribution in [-0.2, 0) is 11.3 Å². The van der Waals surface area contributed by atoms with Gasteiger partial charge in [0.15, 0.2) is 0 Å². The highest BCUT2D eigenvalue weighted by Crippen LogP contribution is 2.35. The van der Waals surface area contributed by atoms with E-state index in [2.05, 4.69) is 10.6 Å². The maximum absolute atomic E-state index is 13.2. The molecule has 0 saturated carbocycles. The summed E-state index contributed by atoms with van der Waals surface area (Å²) in [6, 6.07) is 10.3. The first-order valence-corrected chi connectivity index (χ1v) is 11.4. The van der Waals surface area contributed by atoms with Crippen molar-refractivity contribution < 1.29 is 9.59 Å². The summed E-state index contributed by atoms with van der Waals surface area (Å²) < 4.78 is 1.85. The number of amides is 3. The maximum Gasteiger partial charge on any atom is 0.318 e. The molecule has 7 heteroatoms. The van der Waals surface area contributed by atoms with Crippen LogP contribution in [0.4, 0.5) is 10.5 Å². The molecular weight excluding hydrogens is 404 g/mol. The number of fused-ring (bicyclic) bond motifs is 4. The summed E-state index contributed by atoms with van der Waals surface area (Å²) in [5.74, 6) is 0.112. The Morgan fingerprint density at radius 3 is 2.53 bits per heavy atom. The van der Waals surface area contributed by atoms with Gasteiger partial charge in [0.2, 0.25) is 5.91 Å². The van der Waals surface area contributed by atoms with Crippen molar-refractivity contribution in [2.45, 2.75) is 52.6 Å². The van der Waals surface area contributed by atoms with Crippen LogP contribution in [0.1, 0.15) is 43.0 Å². The number of anilines is 1. The molecule has 3 heterocycles. The molecule has 7 nitrogen and oxygen atoms in total. The predicted octanol–water partition coefficient (Wildman–Crippen LogP) is 3.26. The summed E-state index contributed by atoms with van der Waals surface area (Å²) in [6.45, 7) is 9.62. The normalized spacial score (nSPS) is 20.5. The zero-order valence-electron chi connectivity index (χ0n) is 19.2. The van der Waals surface area contributed by atoms with Gasteiger partial charge >= 0.3 is 6.03 Å². The minimum atomic E-state index is -0.640. The van der Waals surface area contributed by atoms with E-state index in [1.54, 1.807) is 17.0 Å². The number of carbonyl (C=O) groups is 2. The van der Waals surface area contributed by atoms with Crippen molar-refractivity contribution in [1.29, 1.82) is 0 Å². The number of nitrogens with zero attached hydrogens (tertiary/aromatic N) is 2. The number of likely N-dealkylation sites (tertiary alicyclic amines) is 1. The van der Waals surface area contributed by atoms with E-state index in [1.165, 1.54) is 0 Å². The first-order valence-electron chi connectivity index (χ1n) is 11.4. The average molecular weight is 437 g/mol. The predicted molar refractivity (Wildman–Crippen MR) is 125 cm³/mol. The second-order valence-corrected chi connectivity index (χ2v) is 9.51. The quantitative estimate of drug-likeness (QED) is 0.772. The summed E-state index contributed by atoms with van der Waals surface area (Å²) in [4.78, 5) is 40.3. The van der Waals surface area contributed by atoms with Gasteiger partial charge in [0.05, 0.1) is 0 Å². The molecule has 0 aliphatic carbocycles. The Balaban J connectivity index is 1.46. The molecule has 0 unspecified atom stereocenters. The molecule has 170 valence electrons. The molecular formula is C25H32N4O3. The van der Waals surface area contributed by atoms with Gasteiger partial charge in [0.1, 0.15) is 6.04 Å². The Bertz CT molecular complexity index is 1090. The number of pyridine rings is 1. The highest BCUT2D eigenvalue weighted by atomic mass is 16.2. The number of carbonyl (C=O) groups excluding carboxylic acids is 2. The monoisotopic (exact) mass is 436 g/mol. The van der Waals surface area contributed by atoms with E-state index in [0.29, 0.717) is 19.6 Å². The number of piperidine rings is 1. The van der Waals surface area contributed by atoms with Crippen LogP contribution in [0.5, 0.6) is 0 Å². The molecule has 0 spiro atoms. The zero-order chi connectivity index (χ0) is 23.0. The van der Waals surface area contributed by atoms with Gasteiger partial charge in [0.25, 0.3) is 5.56 Å². The van der Waals surface area contributed by atoms with Gasteiger partial charge in [-0.15, -0.1) is 0 Å². The maximum atomic E-state index is 13.2. The Hall–Kier alpha value is -3.09. The summed E-state index contributed by atoms with van der Waals surface area (Å²) in [6.07, 6.45) is 0.980. The molecule has 4 rings (SSSR count). The van der Waals surface area contributed by atoms with Crippen molar-refractivity contribution >= 4 is 17.6 Å². The molecule has 1 fully saturated rings. The first-order chi connectivity index (χ1) is 15.2. The van der Waals surface area contributed by atoms with Crippen LogP contribution in [0.3, 0.4) is 0 Å². The molecule has 3 atom stereocenters. The Morgan fingerprint density at radius 1 is 1.03 bits per heavy atom. The lowest BCUT2D eigenvalue weighted by Crippen LogP contribution is -2.56. The standard InChI is InChI=1S/C25H32N4O3/c1-15(2)23(24(31)26-20-8-5-7-16(3)17(20)4)27-25(32)28-12-18-11-19(14-28)21-9-6-10-22(30)29(21)13-18/h5-10,15,18-19,23H,11-14H2,1-4H3,(H,26,31)(H,27,32)/t18-,19+,23-/m0/s1. The smallest absolute Gasteiger partial charge is 0.318 e. The minimum Gasteiger partial charge on any atom is -0.326 e. The van der Waals surface area contributed by atoms with Crippen LogP contribution in [-0.4, -0.2) is 40.5 Å². The number of hydrogen-bond acceptors (Lipinski definition) is 3.